The predicted molar refractivity (Wildman–Crippen MR) is 99.7 cm³/mol. The lowest BCUT2D eigenvalue weighted by atomic mass is 10.1. The van der Waals surface area contributed by atoms with Crippen LogP contribution < -0.4 is 15.0 Å². The standard InChI is InChI=1S/C20H18ClNO4/c1-13-11-16(22(24)20(23)14(13)2)12-25-17-7-9-19(10-8-17)26-18-5-3-15(21)4-6-18/h3-11,24H,12H2,1-2H3. The third kappa shape index (κ3) is 4.00. The molecular formula is C20H18ClNO4. The second-order valence-electron chi connectivity index (χ2n) is 5.88. The van der Waals surface area contributed by atoms with Gasteiger partial charge in [-0.3, -0.25) is 4.79 Å². The number of rotatable bonds is 5. The number of hydrogen-bond acceptors (Lipinski definition) is 4. The van der Waals surface area contributed by atoms with Crippen LogP contribution in [0.2, 0.25) is 5.02 Å². The zero-order chi connectivity index (χ0) is 18.7. The van der Waals surface area contributed by atoms with Crippen LogP contribution in [0.25, 0.3) is 0 Å². The van der Waals surface area contributed by atoms with Crippen LogP contribution in [0.5, 0.6) is 17.2 Å². The molecule has 2 aromatic carbocycles. The Morgan fingerprint density at radius 2 is 1.50 bits per heavy atom. The minimum absolute atomic E-state index is 0.0737. The summed E-state index contributed by atoms with van der Waals surface area (Å²) in [6.07, 6.45) is 0. The van der Waals surface area contributed by atoms with Crippen molar-refractivity contribution < 1.29 is 14.7 Å². The Kier molecular flexibility index (Phi) is 5.19. The molecule has 0 spiro atoms. The van der Waals surface area contributed by atoms with Crippen LogP contribution in [0, 0.1) is 13.8 Å². The fraction of sp³-hybridized carbons (Fsp3) is 0.150. The number of pyridine rings is 1. The number of benzene rings is 2. The van der Waals surface area contributed by atoms with Gasteiger partial charge in [0.15, 0.2) is 0 Å². The van der Waals surface area contributed by atoms with Gasteiger partial charge < -0.3 is 14.7 Å². The summed E-state index contributed by atoms with van der Waals surface area (Å²) in [5.74, 6) is 1.94. The first-order chi connectivity index (χ1) is 12.4. The van der Waals surface area contributed by atoms with Crippen molar-refractivity contribution in [3.8, 4) is 17.2 Å². The molecule has 0 aliphatic rings. The SMILES string of the molecule is Cc1cc(COc2ccc(Oc3ccc(Cl)cc3)cc2)n(O)c(=O)c1C. The van der Waals surface area contributed by atoms with E-state index in [9.17, 15) is 10.0 Å². The number of hydrogen-bond donors (Lipinski definition) is 1. The highest BCUT2D eigenvalue weighted by atomic mass is 35.5. The van der Waals surface area contributed by atoms with Crippen molar-refractivity contribution in [1.29, 1.82) is 0 Å². The van der Waals surface area contributed by atoms with E-state index in [1.807, 2.05) is 6.92 Å². The zero-order valence-electron chi connectivity index (χ0n) is 14.4. The van der Waals surface area contributed by atoms with E-state index in [0.717, 1.165) is 5.56 Å². The highest BCUT2D eigenvalue weighted by Crippen LogP contribution is 2.25. The first kappa shape index (κ1) is 17.9. The van der Waals surface area contributed by atoms with Gasteiger partial charge >= 0.3 is 0 Å². The summed E-state index contributed by atoms with van der Waals surface area (Å²) in [5, 5.41) is 10.6. The molecule has 1 aromatic heterocycles. The van der Waals surface area contributed by atoms with Crippen LogP contribution in [0.3, 0.4) is 0 Å². The molecule has 3 rings (SSSR count). The molecule has 0 radical (unpaired) electrons. The zero-order valence-corrected chi connectivity index (χ0v) is 15.2. The van der Waals surface area contributed by atoms with Gasteiger partial charge in [-0.25, -0.2) is 0 Å². The van der Waals surface area contributed by atoms with Gasteiger partial charge in [-0.1, -0.05) is 11.6 Å². The Morgan fingerprint density at radius 3 is 2.12 bits per heavy atom. The van der Waals surface area contributed by atoms with Gasteiger partial charge in [0, 0.05) is 10.6 Å². The van der Waals surface area contributed by atoms with Crippen LogP contribution in [0.15, 0.2) is 59.4 Å². The Balaban J connectivity index is 1.66. The molecule has 0 unspecified atom stereocenters. The Labute approximate surface area is 156 Å². The van der Waals surface area contributed by atoms with Crippen LogP contribution in [-0.2, 0) is 6.61 Å². The third-order valence-electron chi connectivity index (χ3n) is 4.02. The molecule has 0 aliphatic carbocycles. The Bertz CT molecular complexity index is 963. The predicted octanol–water partition coefficient (Wildman–Crippen LogP) is 4.73. The number of nitrogens with zero attached hydrogens (tertiary/aromatic N) is 1. The van der Waals surface area contributed by atoms with Crippen molar-refractivity contribution in [2.24, 2.45) is 0 Å². The summed E-state index contributed by atoms with van der Waals surface area (Å²) in [7, 11) is 0. The average molecular weight is 372 g/mol. The van der Waals surface area contributed by atoms with E-state index in [0.29, 0.717) is 38.3 Å². The summed E-state index contributed by atoms with van der Waals surface area (Å²) in [6, 6.07) is 15.9. The molecule has 5 nitrogen and oxygen atoms in total. The second-order valence-corrected chi connectivity index (χ2v) is 6.31. The monoisotopic (exact) mass is 371 g/mol. The molecule has 3 aromatic rings. The summed E-state index contributed by atoms with van der Waals surface area (Å²) in [5.41, 5.74) is 1.28. The topological polar surface area (TPSA) is 60.7 Å². The van der Waals surface area contributed by atoms with Crippen LogP contribution in [-0.4, -0.2) is 9.94 Å². The summed E-state index contributed by atoms with van der Waals surface area (Å²) < 4.78 is 12.0. The lowest BCUT2D eigenvalue weighted by Crippen LogP contribution is -2.25. The Morgan fingerprint density at radius 1 is 0.962 bits per heavy atom. The van der Waals surface area contributed by atoms with Gasteiger partial charge in [-0.05, 0) is 74.0 Å². The van der Waals surface area contributed by atoms with E-state index in [-0.39, 0.29) is 6.61 Å². The first-order valence-corrected chi connectivity index (χ1v) is 8.39. The van der Waals surface area contributed by atoms with Crippen LogP contribution >= 0.6 is 11.6 Å². The molecule has 0 amide bonds. The van der Waals surface area contributed by atoms with E-state index in [2.05, 4.69) is 0 Å². The second kappa shape index (κ2) is 7.54. The summed E-state index contributed by atoms with van der Waals surface area (Å²) in [4.78, 5) is 11.9. The maximum atomic E-state index is 11.9. The largest absolute Gasteiger partial charge is 0.487 e. The van der Waals surface area contributed by atoms with Crippen molar-refractivity contribution in [1.82, 2.24) is 4.73 Å². The average Bonchev–Trinajstić information content (AvgIpc) is 2.65. The maximum absolute atomic E-state index is 11.9. The summed E-state index contributed by atoms with van der Waals surface area (Å²) >= 11 is 5.85. The molecule has 0 atom stereocenters. The highest BCUT2D eigenvalue weighted by molar-refractivity contribution is 6.30. The fourth-order valence-corrected chi connectivity index (χ4v) is 2.51. The molecule has 0 saturated heterocycles. The van der Waals surface area contributed by atoms with Crippen molar-refractivity contribution in [3.05, 3.63) is 86.8 Å². The number of aryl methyl sites for hydroxylation is 1. The summed E-state index contributed by atoms with van der Waals surface area (Å²) in [6.45, 7) is 3.57. The Hall–Kier alpha value is -2.92. The van der Waals surface area contributed by atoms with E-state index < -0.39 is 5.56 Å². The molecule has 1 heterocycles. The van der Waals surface area contributed by atoms with Gasteiger partial charge in [0.25, 0.3) is 5.56 Å². The van der Waals surface area contributed by atoms with E-state index in [4.69, 9.17) is 21.1 Å². The third-order valence-corrected chi connectivity index (χ3v) is 4.27. The molecule has 1 N–H and O–H groups in total. The number of aromatic nitrogens is 1. The molecule has 26 heavy (non-hydrogen) atoms. The van der Waals surface area contributed by atoms with E-state index >= 15 is 0 Å². The lowest BCUT2D eigenvalue weighted by Gasteiger charge is -2.12. The normalized spacial score (nSPS) is 10.6. The van der Waals surface area contributed by atoms with E-state index in [1.165, 1.54) is 0 Å². The van der Waals surface area contributed by atoms with Gasteiger partial charge in [0.1, 0.15) is 23.9 Å². The molecule has 6 heteroatoms. The molecule has 0 aliphatic heterocycles. The number of ether oxygens (including phenoxy) is 2. The van der Waals surface area contributed by atoms with Gasteiger partial charge in [-0.2, -0.15) is 0 Å². The minimum Gasteiger partial charge on any atom is -0.487 e. The fourth-order valence-electron chi connectivity index (χ4n) is 2.38. The lowest BCUT2D eigenvalue weighted by molar-refractivity contribution is 0.147. The molecule has 0 fully saturated rings. The van der Waals surface area contributed by atoms with Crippen molar-refractivity contribution >= 4 is 11.6 Å². The van der Waals surface area contributed by atoms with E-state index in [1.54, 1.807) is 61.5 Å². The maximum Gasteiger partial charge on any atom is 0.286 e. The molecule has 0 bridgehead atoms. The van der Waals surface area contributed by atoms with Gasteiger partial charge in [0.05, 0.1) is 5.69 Å². The number of halogens is 1. The molecule has 0 saturated carbocycles. The quantitative estimate of drug-likeness (QED) is 0.659. The molecular weight excluding hydrogens is 354 g/mol. The van der Waals surface area contributed by atoms with Crippen molar-refractivity contribution in [2.75, 3.05) is 0 Å². The van der Waals surface area contributed by atoms with Crippen molar-refractivity contribution in [3.63, 3.8) is 0 Å². The smallest absolute Gasteiger partial charge is 0.286 e. The van der Waals surface area contributed by atoms with Crippen molar-refractivity contribution in [2.45, 2.75) is 20.5 Å². The first-order valence-electron chi connectivity index (χ1n) is 8.02. The minimum atomic E-state index is -0.435. The van der Waals surface area contributed by atoms with Crippen LogP contribution in [0.1, 0.15) is 16.8 Å². The van der Waals surface area contributed by atoms with Crippen LogP contribution in [0.4, 0.5) is 0 Å². The highest BCUT2D eigenvalue weighted by Gasteiger charge is 2.09. The molecule has 134 valence electrons. The van der Waals surface area contributed by atoms with Gasteiger partial charge in [-0.15, -0.1) is 4.73 Å². The van der Waals surface area contributed by atoms with Gasteiger partial charge in [0.2, 0.25) is 0 Å².